The maximum atomic E-state index is 8.71. The van der Waals surface area contributed by atoms with Gasteiger partial charge in [0.2, 0.25) is 0 Å². The lowest BCUT2D eigenvalue weighted by atomic mass is 10.3. The van der Waals surface area contributed by atoms with Gasteiger partial charge >= 0.3 is 0 Å². The van der Waals surface area contributed by atoms with Crippen LogP contribution in [0.4, 0.5) is 5.82 Å². The van der Waals surface area contributed by atoms with Crippen molar-refractivity contribution in [1.29, 1.82) is 5.26 Å². The topological polar surface area (TPSA) is 74.7 Å². The molecule has 0 bridgehead atoms. The molecule has 1 unspecified atom stereocenters. The molecule has 0 fully saturated rings. The summed E-state index contributed by atoms with van der Waals surface area (Å²) in [6.45, 7) is 2.44. The van der Waals surface area contributed by atoms with E-state index in [-0.39, 0.29) is 6.04 Å². The normalized spacial score (nSPS) is 11.9. The first-order chi connectivity index (χ1) is 6.65. The average molecular weight is 211 g/mol. The lowest BCUT2D eigenvalue weighted by Crippen LogP contribution is -2.25. The van der Waals surface area contributed by atoms with Crippen molar-refractivity contribution in [1.82, 2.24) is 4.98 Å². The van der Waals surface area contributed by atoms with Crippen LogP contribution in [-0.2, 0) is 0 Å². The molecule has 0 aromatic carbocycles. The van der Waals surface area contributed by atoms with E-state index >= 15 is 0 Å². The summed E-state index contributed by atoms with van der Waals surface area (Å²) in [5.41, 5.74) is 5.97. The zero-order chi connectivity index (χ0) is 10.6. The Balaban J connectivity index is 2.83. The molecule has 0 saturated carbocycles. The van der Waals surface area contributed by atoms with E-state index in [1.54, 1.807) is 6.07 Å². The summed E-state index contributed by atoms with van der Waals surface area (Å²) in [5, 5.41) is 12.0. The third kappa shape index (κ3) is 2.59. The minimum atomic E-state index is 0.0126. The molecule has 1 aromatic rings. The van der Waals surface area contributed by atoms with Crippen LogP contribution in [-0.4, -0.2) is 17.6 Å². The van der Waals surface area contributed by atoms with E-state index in [1.807, 2.05) is 13.0 Å². The number of nitrogens with zero attached hydrogens (tertiary/aromatic N) is 2. The van der Waals surface area contributed by atoms with E-state index in [0.717, 1.165) is 0 Å². The van der Waals surface area contributed by atoms with Gasteiger partial charge in [-0.25, -0.2) is 4.98 Å². The number of anilines is 1. The number of halogens is 1. The van der Waals surface area contributed by atoms with Gasteiger partial charge in [-0.3, -0.25) is 0 Å². The summed E-state index contributed by atoms with van der Waals surface area (Å²) in [6, 6.07) is 3.56. The van der Waals surface area contributed by atoms with E-state index in [9.17, 15) is 0 Å². The fraction of sp³-hybridized carbons (Fsp3) is 0.333. The Morgan fingerprint density at radius 1 is 1.79 bits per heavy atom. The smallest absolute Gasteiger partial charge is 0.146 e. The molecule has 3 N–H and O–H groups in total. The van der Waals surface area contributed by atoms with E-state index in [1.165, 1.54) is 6.20 Å². The molecule has 0 spiro atoms. The van der Waals surface area contributed by atoms with Crippen LogP contribution >= 0.6 is 11.6 Å². The first-order valence-electron chi connectivity index (χ1n) is 4.19. The van der Waals surface area contributed by atoms with Gasteiger partial charge in [0.15, 0.2) is 0 Å². The first kappa shape index (κ1) is 10.8. The molecular formula is C9H11ClN4. The molecule has 14 heavy (non-hydrogen) atoms. The molecule has 0 aliphatic rings. The Kier molecular flexibility index (Phi) is 3.69. The van der Waals surface area contributed by atoms with Crippen molar-refractivity contribution in [2.45, 2.75) is 13.0 Å². The van der Waals surface area contributed by atoms with Crippen molar-refractivity contribution >= 4 is 17.4 Å². The van der Waals surface area contributed by atoms with Crippen LogP contribution in [0.25, 0.3) is 0 Å². The van der Waals surface area contributed by atoms with Crippen molar-refractivity contribution in [3.05, 3.63) is 22.8 Å². The number of nitriles is 1. The molecule has 1 atom stereocenters. The van der Waals surface area contributed by atoms with Crippen molar-refractivity contribution in [3.63, 3.8) is 0 Å². The zero-order valence-corrected chi connectivity index (χ0v) is 8.54. The Hall–Kier alpha value is -1.31. The summed E-state index contributed by atoms with van der Waals surface area (Å²) < 4.78 is 0. The van der Waals surface area contributed by atoms with Crippen LogP contribution < -0.4 is 11.1 Å². The highest BCUT2D eigenvalue weighted by molar-refractivity contribution is 6.34. The van der Waals surface area contributed by atoms with Gasteiger partial charge in [0.05, 0.1) is 5.56 Å². The zero-order valence-electron chi connectivity index (χ0n) is 7.79. The number of nitrogens with two attached hydrogens (primary N) is 1. The molecule has 0 aliphatic carbocycles. The van der Waals surface area contributed by atoms with E-state index < -0.39 is 0 Å². The second-order valence-corrected chi connectivity index (χ2v) is 3.37. The van der Waals surface area contributed by atoms with Gasteiger partial charge in [0, 0.05) is 18.8 Å². The summed E-state index contributed by atoms with van der Waals surface area (Å²) >= 11 is 5.90. The third-order valence-corrected chi connectivity index (χ3v) is 1.98. The predicted octanol–water partition coefficient (Wildman–Crippen LogP) is 1.37. The first-order valence-corrected chi connectivity index (χ1v) is 4.57. The lowest BCUT2D eigenvalue weighted by molar-refractivity contribution is 0.777. The Morgan fingerprint density at radius 2 is 2.50 bits per heavy atom. The van der Waals surface area contributed by atoms with Crippen LogP contribution in [0.3, 0.4) is 0 Å². The monoisotopic (exact) mass is 210 g/mol. The molecule has 0 aliphatic heterocycles. The largest absolute Gasteiger partial charge is 0.367 e. The van der Waals surface area contributed by atoms with Crippen LogP contribution in [0.2, 0.25) is 5.02 Å². The van der Waals surface area contributed by atoms with Crippen LogP contribution in [0, 0.1) is 11.3 Å². The minimum absolute atomic E-state index is 0.0126. The number of hydrogen-bond donors (Lipinski definition) is 2. The quantitative estimate of drug-likeness (QED) is 0.790. The van der Waals surface area contributed by atoms with Crippen molar-refractivity contribution in [2.75, 3.05) is 11.9 Å². The summed E-state index contributed by atoms with van der Waals surface area (Å²) in [4.78, 5) is 4.01. The third-order valence-electron chi connectivity index (χ3n) is 1.60. The van der Waals surface area contributed by atoms with Gasteiger partial charge in [0.1, 0.15) is 16.9 Å². The summed E-state index contributed by atoms with van der Waals surface area (Å²) in [5.74, 6) is 0.503. The Labute approximate surface area is 87.7 Å². The number of aromatic nitrogens is 1. The van der Waals surface area contributed by atoms with Crippen molar-refractivity contribution in [2.24, 2.45) is 5.73 Å². The molecular weight excluding hydrogens is 200 g/mol. The molecule has 1 aromatic heterocycles. The van der Waals surface area contributed by atoms with E-state index in [2.05, 4.69) is 10.3 Å². The number of pyridine rings is 1. The average Bonchev–Trinajstić information content (AvgIpc) is 2.16. The second kappa shape index (κ2) is 4.80. The maximum absolute atomic E-state index is 8.71. The molecule has 1 heterocycles. The highest BCUT2D eigenvalue weighted by Gasteiger charge is 2.06. The van der Waals surface area contributed by atoms with E-state index in [0.29, 0.717) is 22.9 Å². The Bertz CT molecular complexity index is 356. The predicted molar refractivity (Wildman–Crippen MR) is 56.1 cm³/mol. The highest BCUT2D eigenvalue weighted by atomic mass is 35.5. The molecule has 74 valence electrons. The van der Waals surface area contributed by atoms with Gasteiger partial charge in [-0.1, -0.05) is 11.6 Å². The standard InChI is InChI=1S/C9H11ClN4/c1-6(12)5-14-9-8(10)7(4-11)2-3-13-9/h2-3,6H,5,12H2,1H3,(H,13,14). The van der Waals surface area contributed by atoms with Gasteiger partial charge in [-0.15, -0.1) is 0 Å². The number of rotatable bonds is 3. The van der Waals surface area contributed by atoms with Gasteiger partial charge in [-0.05, 0) is 13.0 Å². The fourth-order valence-corrected chi connectivity index (χ4v) is 1.13. The molecule has 5 heteroatoms. The van der Waals surface area contributed by atoms with Gasteiger partial charge in [-0.2, -0.15) is 5.26 Å². The van der Waals surface area contributed by atoms with Crippen LogP contribution in [0.15, 0.2) is 12.3 Å². The molecule has 0 saturated heterocycles. The fourth-order valence-electron chi connectivity index (χ4n) is 0.911. The lowest BCUT2D eigenvalue weighted by Gasteiger charge is -2.09. The Morgan fingerprint density at radius 3 is 3.07 bits per heavy atom. The summed E-state index contributed by atoms with van der Waals surface area (Å²) in [6.07, 6.45) is 1.54. The highest BCUT2D eigenvalue weighted by Crippen LogP contribution is 2.22. The van der Waals surface area contributed by atoms with Crippen LogP contribution in [0.5, 0.6) is 0 Å². The maximum Gasteiger partial charge on any atom is 0.146 e. The number of hydrogen-bond acceptors (Lipinski definition) is 4. The molecule has 0 amide bonds. The number of nitrogens with one attached hydrogen (secondary N) is 1. The molecule has 1 rings (SSSR count). The second-order valence-electron chi connectivity index (χ2n) is 2.99. The van der Waals surface area contributed by atoms with Crippen molar-refractivity contribution in [3.8, 4) is 6.07 Å². The van der Waals surface area contributed by atoms with Crippen LogP contribution in [0.1, 0.15) is 12.5 Å². The van der Waals surface area contributed by atoms with E-state index in [4.69, 9.17) is 22.6 Å². The summed E-state index contributed by atoms with van der Waals surface area (Å²) in [7, 11) is 0. The molecule has 0 radical (unpaired) electrons. The van der Waals surface area contributed by atoms with Crippen molar-refractivity contribution < 1.29 is 0 Å². The van der Waals surface area contributed by atoms with Gasteiger partial charge < -0.3 is 11.1 Å². The van der Waals surface area contributed by atoms with Gasteiger partial charge in [0.25, 0.3) is 0 Å². The molecule has 4 nitrogen and oxygen atoms in total. The minimum Gasteiger partial charge on any atom is -0.367 e. The SMILES string of the molecule is CC(N)CNc1nccc(C#N)c1Cl.